The van der Waals surface area contributed by atoms with Crippen molar-refractivity contribution in [2.24, 2.45) is 0 Å². The number of hydrogen-bond donors (Lipinski definition) is 2. The lowest BCUT2D eigenvalue weighted by atomic mass is 10.3. The summed E-state index contributed by atoms with van der Waals surface area (Å²) >= 11 is 8.92. The zero-order chi connectivity index (χ0) is 14.9. The van der Waals surface area contributed by atoms with E-state index in [0.29, 0.717) is 9.50 Å². The molecule has 2 aromatic carbocycles. The van der Waals surface area contributed by atoms with E-state index in [1.165, 1.54) is 24.3 Å². The van der Waals surface area contributed by atoms with Crippen LogP contribution in [0.4, 0.5) is 10.1 Å². The number of halogens is 3. The molecule has 0 heterocycles. The number of sulfonamides is 1. The van der Waals surface area contributed by atoms with Gasteiger partial charge in [-0.2, -0.15) is 0 Å². The molecule has 2 N–H and O–H groups in total. The second kappa shape index (κ2) is 5.59. The van der Waals surface area contributed by atoms with E-state index in [2.05, 4.69) is 20.7 Å². The van der Waals surface area contributed by atoms with Crippen molar-refractivity contribution in [2.75, 3.05) is 4.72 Å². The van der Waals surface area contributed by atoms with Crippen LogP contribution in [-0.2, 0) is 10.0 Å². The predicted octanol–water partition coefficient (Wildman–Crippen LogP) is 3.75. The van der Waals surface area contributed by atoms with Crippen LogP contribution >= 0.6 is 27.5 Å². The first-order valence-electron chi connectivity index (χ1n) is 5.26. The lowest BCUT2D eigenvalue weighted by Crippen LogP contribution is -2.13. The number of benzene rings is 2. The molecule has 0 atom stereocenters. The molecular weight excluding hydrogens is 373 g/mol. The second-order valence-electron chi connectivity index (χ2n) is 3.85. The molecule has 0 radical (unpaired) electrons. The standard InChI is InChI=1S/C12H8BrClFNO3S/c13-9-6-8(2-3-10(9)14)20(18,19)16-7-1-4-12(17)11(15)5-7/h1-6,16-17H. The molecule has 0 fully saturated rings. The summed E-state index contributed by atoms with van der Waals surface area (Å²) in [6.07, 6.45) is 0. The number of anilines is 1. The fourth-order valence-electron chi connectivity index (χ4n) is 1.43. The summed E-state index contributed by atoms with van der Waals surface area (Å²) in [5.74, 6) is -1.47. The van der Waals surface area contributed by atoms with Crippen molar-refractivity contribution < 1.29 is 17.9 Å². The number of aromatic hydroxyl groups is 1. The lowest BCUT2D eigenvalue weighted by molar-refractivity contribution is 0.432. The van der Waals surface area contributed by atoms with Crippen LogP contribution in [0.15, 0.2) is 45.8 Å². The number of nitrogens with one attached hydrogen (secondary N) is 1. The van der Waals surface area contributed by atoms with E-state index < -0.39 is 21.6 Å². The van der Waals surface area contributed by atoms with Gasteiger partial charge in [-0.05, 0) is 46.3 Å². The highest BCUT2D eigenvalue weighted by atomic mass is 79.9. The Kier molecular flexibility index (Phi) is 4.22. The lowest BCUT2D eigenvalue weighted by Gasteiger charge is -2.09. The molecule has 8 heteroatoms. The van der Waals surface area contributed by atoms with Gasteiger partial charge in [0.15, 0.2) is 11.6 Å². The van der Waals surface area contributed by atoms with Crippen LogP contribution in [0.3, 0.4) is 0 Å². The maximum Gasteiger partial charge on any atom is 0.261 e. The summed E-state index contributed by atoms with van der Waals surface area (Å²) in [5, 5.41) is 9.43. The van der Waals surface area contributed by atoms with Crippen LogP contribution in [0.25, 0.3) is 0 Å². The molecule has 0 bridgehead atoms. The van der Waals surface area contributed by atoms with Crippen molar-refractivity contribution >= 4 is 43.2 Å². The summed E-state index contributed by atoms with van der Waals surface area (Å²) in [4.78, 5) is -0.0257. The highest BCUT2D eigenvalue weighted by molar-refractivity contribution is 9.10. The first-order valence-corrected chi connectivity index (χ1v) is 7.91. The molecule has 2 rings (SSSR count). The van der Waals surface area contributed by atoms with Gasteiger partial charge in [-0.15, -0.1) is 0 Å². The number of phenolic OH excluding ortho intramolecular Hbond substituents is 1. The zero-order valence-corrected chi connectivity index (χ0v) is 12.9. The van der Waals surface area contributed by atoms with Gasteiger partial charge in [0.1, 0.15) is 0 Å². The van der Waals surface area contributed by atoms with Crippen molar-refractivity contribution in [2.45, 2.75) is 4.90 Å². The fourth-order valence-corrected chi connectivity index (χ4v) is 3.15. The minimum Gasteiger partial charge on any atom is -0.505 e. The summed E-state index contributed by atoms with van der Waals surface area (Å²) in [6, 6.07) is 7.29. The smallest absolute Gasteiger partial charge is 0.261 e. The largest absolute Gasteiger partial charge is 0.505 e. The Morgan fingerprint density at radius 3 is 2.50 bits per heavy atom. The normalized spacial score (nSPS) is 11.3. The Labute approximate surface area is 128 Å². The molecule has 0 aromatic heterocycles. The molecule has 0 spiro atoms. The van der Waals surface area contributed by atoms with Gasteiger partial charge in [0.05, 0.1) is 15.6 Å². The summed E-state index contributed by atoms with van der Waals surface area (Å²) < 4.78 is 40.0. The first kappa shape index (κ1) is 15.1. The van der Waals surface area contributed by atoms with Crippen LogP contribution < -0.4 is 4.72 Å². The minimum absolute atomic E-state index is 0.00590. The van der Waals surface area contributed by atoms with Gasteiger partial charge in [0.2, 0.25) is 0 Å². The fraction of sp³-hybridized carbons (Fsp3) is 0. The van der Waals surface area contributed by atoms with E-state index in [4.69, 9.17) is 16.7 Å². The van der Waals surface area contributed by atoms with E-state index in [-0.39, 0.29) is 10.6 Å². The SMILES string of the molecule is O=S(=O)(Nc1ccc(O)c(F)c1)c1ccc(Cl)c(Br)c1. The van der Waals surface area contributed by atoms with Crippen molar-refractivity contribution in [3.8, 4) is 5.75 Å². The van der Waals surface area contributed by atoms with Gasteiger partial charge in [0, 0.05) is 10.5 Å². The average Bonchev–Trinajstić information content (AvgIpc) is 2.37. The van der Waals surface area contributed by atoms with Crippen molar-refractivity contribution in [3.05, 3.63) is 51.7 Å². The molecule has 0 saturated heterocycles. The molecule has 0 aliphatic rings. The molecule has 0 unspecified atom stereocenters. The van der Waals surface area contributed by atoms with Crippen LogP contribution in [0.5, 0.6) is 5.75 Å². The van der Waals surface area contributed by atoms with Gasteiger partial charge in [-0.1, -0.05) is 11.6 Å². The Morgan fingerprint density at radius 2 is 1.90 bits per heavy atom. The maximum absolute atomic E-state index is 13.2. The van der Waals surface area contributed by atoms with E-state index in [1.807, 2.05) is 0 Å². The second-order valence-corrected chi connectivity index (χ2v) is 6.79. The number of rotatable bonds is 3. The highest BCUT2D eigenvalue weighted by Crippen LogP contribution is 2.27. The van der Waals surface area contributed by atoms with Gasteiger partial charge in [-0.3, -0.25) is 4.72 Å². The van der Waals surface area contributed by atoms with Gasteiger partial charge in [-0.25, -0.2) is 12.8 Å². The molecule has 20 heavy (non-hydrogen) atoms. The molecular formula is C12H8BrClFNO3S. The van der Waals surface area contributed by atoms with E-state index in [0.717, 1.165) is 12.1 Å². The summed E-state index contributed by atoms with van der Waals surface area (Å²) in [6.45, 7) is 0. The first-order chi connectivity index (χ1) is 9.29. The quantitative estimate of drug-likeness (QED) is 0.797. The highest BCUT2D eigenvalue weighted by Gasteiger charge is 2.16. The van der Waals surface area contributed by atoms with E-state index in [1.54, 1.807) is 0 Å². The molecule has 106 valence electrons. The Balaban J connectivity index is 2.35. The Hall–Kier alpha value is -1.31. The van der Waals surface area contributed by atoms with Gasteiger partial charge in [0.25, 0.3) is 10.0 Å². The zero-order valence-electron chi connectivity index (χ0n) is 9.77. The van der Waals surface area contributed by atoms with Gasteiger partial charge < -0.3 is 5.11 Å². The third kappa shape index (κ3) is 3.23. The number of phenols is 1. The van der Waals surface area contributed by atoms with Crippen LogP contribution in [0.1, 0.15) is 0 Å². The van der Waals surface area contributed by atoms with Crippen molar-refractivity contribution in [1.29, 1.82) is 0 Å². The topological polar surface area (TPSA) is 66.4 Å². The van der Waals surface area contributed by atoms with E-state index >= 15 is 0 Å². The van der Waals surface area contributed by atoms with Crippen molar-refractivity contribution in [3.63, 3.8) is 0 Å². The number of hydrogen-bond acceptors (Lipinski definition) is 3. The van der Waals surface area contributed by atoms with Gasteiger partial charge >= 0.3 is 0 Å². The molecule has 0 aliphatic heterocycles. The molecule has 0 amide bonds. The monoisotopic (exact) mass is 379 g/mol. The van der Waals surface area contributed by atoms with Crippen LogP contribution in [0.2, 0.25) is 5.02 Å². The summed E-state index contributed by atoms with van der Waals surface area (Å²) in [7, 11) is -3.87. The van der Waals surface area contributed by atoms with Crippen LogP contribution in [0, 0.1) is 5.82 Å². The predicted molar refractivity (Wildman–Crippen MR) is 78.0 cm³/mol. The third-order valence-corrected chi connectivity index (χ3v) is 4.99. The average molecular weight is 381 g/mol. The maximum atomic E-state index is 13.2. The summed E-state index contributed by atoms with van der Waals surface area (Å²) in [5.41, 5.74) is 0.00590. The molecule has 0 aliphatic carbocycles. The van der Waals surface area contributed by atoms with Crippen LogP contribution in [-0.4, -0.2) is 13.5 Å². The third-order valence-electron chi connectivity index (χ3n) is 2.40. The minimum atomic E-state index is -3.87. The van der Waals surface area contributed by atoms with E-state index in [9.17, 15) is 12.8 Å². The molecule has 4 nitrogen and oxygen atoms in total. The Bertz CT molecular complexity index is 767. The Morgan fingerprint density at radius 1 is 1.20 bits per heavy atom. The van der Waals surface area contributed by atoms with Crippen molar-refractivity contribution in [1.82, 2.24) is 0 Å². The molecule has 0 saturated carbocycles. The molecule has 2 aromatic rings.